The highest BCUT2D eigenvalue weighted by Crippen LogP contribution is 2.16. The summed E-state index contributed by atoms with van der Waals surface area (Å²) < 4.78 is 0.882. The van der Waals surface area contributed by atoms with Crippen LogP contribution in [0.15, 0.2) is 29.0 Å². The van der Waals surface area contributed by atoms with Crippen LogP contribution in [-0.2, 0) is 0 Å². The highest BCUT2D eigenvalue weighted by molar-refractivity contribution is 9.10. The number of carbonyl (C=O) groups is 1. The summed E-state index contributed by atoms with van der Waals surface area (Å²) in [6.07, 6.45) is 2.64. The normalized spacial score (nSPS) is 10.1. The lowest BCUT2D eigenvalue weighted by Crippen LogP contribution is -2.15. The summed E-state index contributed by atoms with van der Waals surface area (Å²) in [5, 5.41) is 2.63. The zero-order valence-electron chi connectivity index (χ0n) is 9.51. The van der Waals surface area contributed by atoms with Gasteiger partial charge in [-0.05, 0) is 35.0 Å². The Morgan fingerprint density at radius 3 is 2.72 bits per heavy atom. The largest absolute Gasteiger partial charge is 0.382 e. The van der Waals surface area contributed by atoms with Crippen LogP contribution in [0.2, 0.25) is 0 Å². The molecule has 0 aliphatic carbocycles. The fraction of sp³-hybridized carbons (Fsp3) is 0.0909. The average molecular weight is 308 g/mol. The van der Waals surface area contributed by atoms with E-state index < -0.39 is 0 Å². The van der Waals surface area contributed by atoms with Gasteiger partial charge in [0.15, 0.2) is 0 Å². The van der Waals surface area contributed by atoms with Gasteiger partial charge in [0.1, 0.15) is 17.3 Å². The highest BCUT2D eigenvalue weighted by Gasteiger charge is 2.09. The van der Waals surface area contributed by atoms with Crippen molar-refractivity contribution in [2.24, 2.45) is 0 Å². The molecule has 0 fully saturated rings. The minimum Gasteiger partial charge on any atom is -0.382 e. The first kappa shape index (κ1) is 12.4. The molecule has 0 aromatic carbocycles. The number of nitrogens with one attached hydrogen (secondary N) is 1. The minimum atomic E-state index is -0.378. The van der Waals surface area contributed by atoms with Crippen molar-refractivity contribution in [3.63, 3.8) is 0 Å². The molecule has 6 nitrogen and oxygen atoms in total. The zero-order valence-corrected chi connectivity index (χ0v) is 11.1. The molecule has 2 aromatic heterocycles. The van der Waals surface area contributed by atoms with E-state index in [1.807, 2.05) is 13.0 Å². The molecular weight excluding hydrogens is 298 g/mol. The van der Waals surface area contributed by atoms with Crippen molar-refractivity contribution in [3.8, 4) is 0 Å². The predicted molar refractivity (Wildman–Crippen MR) is 71.1 cm³/mol. The van der Waals surface area contributed by atoms with Crippen LogP contribution in [0.5, 0.6) is 0 Å². The summed E-state index contributed by atoms with van der Waals surface area (Å²) in [6, 6.07) is 3.51. The molecule has 92 valence electrons. The number of aromatic nitrogens is 3. The van der Waals surface area contributed by atoms with Gasteiger partial charge in [0.25, 0.3) is 5.91 Å². The molecule has 2 rings (SSSR count). The van der Waals surface area contributed by atoms with Gasteiger partial charge in [0.2, 0.25) is 0 Å². The lowest BCUT2D eigenvalue weighted by molar-refractivity contribution is 0.102. The summed E-state index contributed by atoms with van der Waals surface area (Å²) in [5.41, 5.74) is 6.37. The quantitative estimate of drug-likeness (QED) is 0.882. The first-order chi connectivity index (χ1) is 8.56. The second-order valence-electron chi connectivity index (χ2n) is 3.54. The number of nitrogens with two attached hydrogens (primary N) is 1. The van der Waals surface area contributed by atoms with Crippen LogP contribution in [0, 0.1) is 6.92 Å². The van der Waals surface area contributed by atoms with Crippen molar-refractivity contribution >= 4 is 33.5 Å². The van der Waals surface area contributed by atoms with Gasteiger partial charge in [-0.2, -0.15) is 0 Å². The summed E-state index contributed by atoms with van der Waals surface area (Å²) >= 11 is 3.34. The number of aryl methyl sites for hydroxylation is 1. The Morgan fingerprint density at radius 1 is 1.33 bits per heavy atom. The van der Waals surface area contributed by atoms with E-state index in [0.717, 1.165) is 10.2 Å². The number of nitrogen functional groups attached to an aromatic ring is 1. The number of hydrogen-bond acceptors (Lipinski definition) is 5. The van der Waals surface area contributed by atoms with Crippen molar-refractivity contribution in [3.05, 3.63) is 40.4 Å². The molecule has 7 heteroatoms. The Labute approximate surface area is 112 Å². The van der Waals surface area contributed by atoms with E-state index >= 15 is 0 Å². The van der Waals surface area contributed by atoms with Crippen molar-refractivity contribution in [1.29, 1.82) is 0 Å². The van der Waals surface area contributed by atoms with Crippen LogP contribution in [0.1, 0.15) is 16.2 Å². The molecule has 0 aliphatic rings. The maximum absolute atomic E-state index is 11.8. The lowest BCUT2D eigenvalue weighted by Gasteiger charge is -2.05. The monoisotopic (exact) mass is 307 g/mol. The van der Waals surface area contributed by atoms with E-state index in [9.17, 15) is 4.79 Å². The molecule has 0 radical (unpaired) electrons. The van der Waals surface area contributed by atoms with Gasteiger partial charge in [-0.15, -0.1) is 0 Å². The third kappa shape index (κ3) is 2.80. The minimum absolute atomic E-state index is 0.187. The number of halogens is 1. The van der Waals surface area contributed by atoms with Gasteiger partial charge in [0, 0.05) is 4.47 Å². The highest BCUT2D eigenvalue weighted by atomic mass is 79.9. The number of carbonyl (C=O) groups excluding carboxylic acids is 1. The first-order valence-electron chi connectivity index (χ1n) is 5.08. The third-order valence-electron chi connectivity index (χ3n) is 2.17. The van der Waals surface area contributed by atoms with E-state index in [-0.39, 0.29) is 17.4 Å². The Bertz CT molecular complexity index is 584. The smallest absolute Gasteiger partial charge is 0.277 e. The second-order valence-corrected chi connectivity index (χ2v) is 4.40. The first-order valence-corrected chi connectivity index (χ1v) is 5.87. The van der Waals surface area contributed by atoms with Crippen molar-refractivity contribution in [2.75, 3.05) is 11.1 Å². The maximum Gasteiger partial charge on any atom is 0.277 e. The molecule has 1 amide bonds. The number of anilines is 2. The summed E-state index contributed by atoms with van der Waals surface area (Å²) in [4.78, 5) is 23.7. The van der Waals surface area contributed by atoms with Crippen LogP contribution in [-0.4, -0.2) is 20.9 Å². The Kier molecular flexibility index (Phi) is 3.52. The average Bonchev–Trinajstić information content (AvgIpc) is 2.34. The van der Waals surface area contributed by atoms with Gasteiger partial charge in [-0.25, -0.2) is 15.0 Å². The SMILES string of the molecule is Cc1nc(NC(=O)c2cnc(N)cn2)ccc1Br. The fourth-order valence-corrected chi connectivity index (χ4v) is 1.47. The van der Waals surface area contributed by atoms with Crippen LogP contribution in [0.3, 0.4) is 0 Å². The van der Waals surface area contributed by atoms with Gasteiger partial charge >= 0.3 is 0 Å². The van der Waals surface area contributed by atoms with Crippen molar-refractivity contribution in [2.45, 2.75) is 6.92 Å². The van der Waals surface area contributed by atoms with E-state index in [1.54, 1.807) is 6.07 Å². The number of rotatable bonds is 2. The molecule has 0 bridgehead atoms. The van der Waals surface area contributed by atoms with Crippen molar-refractivity contribution in [1.82, 2.24) is 15.0 Å². The maximum atomic E-state index is 11.8. The van der Waals surface area contributed by atoms with Crippen LogP contribution >= 0.6 is 15.9 Å². The molecule has 3 N–H and O–H groups in total. The Hall–Kier alpha value is -2.02. The van der Waals surface area contributed by atoms with Gasteiger partial charge in [-0.3, -0.25) is 4.79 Å². The van der Waals surface area contributed by atoms with E-state index in [1.165, 1.54) is 12.4 Å². The Morgan fingerprint density at radius 2 is 2.11 bits per heavy atom. The molecule has 2 aromatic rings. The summed E-state index contributed by atoms with van der Waals surface area (Å²) in [6.45, 7) is 1.84. The van der Waals surface area contributed by atoms with Gasteiger partial charge in [0.05, 0.1) is 18.1 Å². The van der Waals surface area contributed by atoms with Gasteiger partial charge in [-0.1, -0.05) is 0 Å². The molecular formula is C11H10BrN5O. The number of pyridine rings is 1. The third-order valence-corrected chi connectivity index (χ3v) is 3.01. The molecule has 0 unspecified atom stereocenters. The van der Waals surface area contributed by atoms with Crippen LogP contribution < -0.4 is 11.1 Å². The van der Waals surface area contributed by atoms with E-state index in [4.69, 9.17) is 5.73 Å². The van der Waals surface area contributed by atoms with Crippen LogP contribution in [0.4, 0.5) is 11.6 Å². The van der Waals surface area contributed by atoms with Crippen LogP contribution in [0.25, 0.3) is 0 Å². The summed E-state index contributed by atoms with van der Waals surface area (Å²) in [7, 11) is 0. The molecule has 0 aliphatic heterocycles. The summed E-state index contributed by atoms with van der Waals surface area (Å²) in [5.74, 6) is 0.347. The topological polar surface area (TPSA) is 93.8 Å². The fourth-order valence-electron chi connectivity index (χ4n) is 1.25. The number of hydrogen-bond donors (Lipinski definition) is 2. The molecule has 2 heterocycles. The second kappa shape index (κ2) is 5.09. The van der Waals surface area contributed by atoms with Gasteiger partial charge < -0.3 is 11.1 Å². The molecule has 0 spiro atoms. The molecule has 0 saturated heterocycles. The van der Waals surface area contributed by atoms with E-state index in [2.05, 4.69) is 36.2 Å². The molecule has 0 atom stereocenters. The van der Waals surface area contributed by atoms with Crippen molar-refractivity contribution < 1.29 is 4.79 Å². The van der Waals surface area contributed by atoms with E-state index in [0.29, 0.717) is 5.82 Å². The standard InChI is InChI=1S/C11H10BrN5O/c1-6-7(12)2-3-10(16-6)17-11(18)8-4-15-9(13)5-14-8/h2-5H,1H3,(H2,13,15)(H,16,17,18). The predicted octanol–water partition coefficient (Wildman–Crippen LogP) is 1.78. The Balaban J connectivity index is 2.16. The lowest BCUT2D eigenvalue weighted by atomic mass is 10.3. The molecule has 0 saturated carbocycles. The number of nitrogens with zero attached hydrogens (tertiary/aromatic N) is 3. The number of amides is 1. The zero-order chi connectivity index (χ0) is 13.1. The molecule has 18 heavy (non-hydrogen) atoms.